The van der Waals surface area contributed by atoms with Gasteiger partial charge < -0.3 is 9.80 Å². The minimum atomic E-state index is 0.859. The SMILES string of the molecule is c1ccc(N(c2ccccc2)c2ccc3c(c2)c2ccccc2n3-c2ccc(-c3ccc(-n4c5ccccc5c5cc(N(c6ccccc6)c6ccccc6)ccc54)nc3)cn2)cc1. The minimum Gasteiger partial charge on any atom is -0.310 e. The fourth-order valence-corrected chi connectivity index (χ4v) is 9.27. The Morgan fingerprint density at radius 2 is 0.594 bits per heavy atom. The fourth-order valence-electron chi connectivity index (χ4n) is 9.27. The maximum absolute atomic E-state index is 5.09. The van der Waals surface area contributed by atoms with E-state index >= 15 is 0 Å². The van der Waals surface area contributed by atoms with Gasteiger partial charge in [-0.1, -0.05) is 109 Å². The van der Waals surface area contributed by atoms with Crippen molar-refractivity contribution in [2.45, 2.75) is 0 Å². The molecule has 4 heterocycles. The molecular weight excluding hydrogens is 781 g/mol. The standard InChI is InChI=1S/C58H40N6/c1-5-17-43(18-6-1)61(44-19-7-2-8-20-44)47-31-33-55-51(37-47)49-25-13-15-27-53(49)63(55)57-35-29-41(39-59-57)42-30-36-58(60-40-42)64-54-28-16-14-26-50(54)52-38-48(32-34-56(52)64)62(45-21-9-3-10-22-45)46-23-11-4-12-24-46/h1-40H. The molecule has 0 fully saturated rings. The highest BCUT2D eigenvalue weighted by Gasteiger charge is 2.20. The summed E-state index contributed by atoms with van der Waals surface area (Å²) in [5.74, 6) is 1.72. The highest BCUT2D eigenvalue weighted by Crippen LogP contribution is 2.41. The molecule has 8 aromatic carbocycles. The number of fused-ring (bicyclic) bond motifs is 6. The molecule has 0 bridgehead atoms. The van der Waals surface area contributed by atoms with Crippen LogP contribution in [0.5, 0.6) is 0 Å². The van der Waals surface area contributed by atoms with Crippen LogP contribution in [-0.2, 0) is 0 Å². The van der Waals surface area contributed by atoms with Crippen molar-refractivity contribution in [3.05, 3.63) is 243 Å². The van der Waals surface area contributed by atoms with E-state index in [-0.39, 0.29) is 0 Å². The summed E-state index contributed by atoms with van der Waals surface area (Å²) in [5, 5.41) is 4.69. The highest BCUT2D eigenvalue weighted by molar-refractivity contribution is 6.11. The van der Waals surface area contributed by atoms with Crippen molar-refractivity contribution in [3.8, 4) is 22.8 Å². The summed E-state index contributed by atoms with van der Waals surface area (Å²) in [5.41, 5.74) is 13.0. The lowest BCUT2D eigenvalue weighted by Gasteiger charge is -2.25. The summed E-state index contributed by atoms with van der Waals surface area (Å²) in [6.45, 7) is 0. The first-order chi connectivity index (χ1) is 31.8. The average Bonchev–Trinajstić information content (AvgIpc) is 3.88. The number of benzene rings is 8. The van der Waals surface area contributed by atoms with E-state index in [0.29, 0.717) is 0 Å². The van der Waals surface area contributed by atoms with Crippen LogP contribution < -0.4 is 9.80 Å². The Morgan fingerprint density at radius 3 is 0.938 bits per heavy atom. The van der Waals surface area contributed by atoms with E-state index in [9.17, 15) is 0 Å². The van der Waals surface area contributed by atoms with Crippen molar-refractivity contribution in [3.63, 3.8) is 0 Å². The van der Waals surface area contributed by atoms with Crippen LogP contribution in [0.3, 0.4) is 0 Å². The lowest BCUT2D eigenvalue weighted by molar-refractivity contribution is 1.07. The van der Waals surface area contributed by atoms with Crippen molar-refractivity contribution >= 4 is 77.7 Å². The minimum absolute atomic E-state index is 0.859. The number of anilines is 6. The predicted molar refractivity (Wildman–Crippen MR) is 266 cm³/mol. The van der Waals surface area contributed by atoms with Crippen molar-refractivity contribution in [2.75, 3.05) is 9.80 Å². The Kier molecular flexibility index (Phi) is 9.05. The molecule has 6 nitrogen and oxygen atoms in total. The van der Waals surface area contributed by atoms with Crippen LogP contribution in [0.4, 0.5) is 34.1 Å². The van der Waals surface area contributed by atoms with E-state index in [1.54, 1.807) is 0 Å². The highest BCUT2D eigenvalue weighted by atomic mass is 15.2. The first kappa shape index (κ1) is 37.1. The Bertz CT molecular complexity index is 3260. The number of para-hydroxylation sites is 6. The number of hydrogen-bond donors (Lipinski definition) is 0. The summed E-state index contributed by atoms with van der Waals surface area (Å²) in [6.07, 6.45) is 3.92. The average molecular weight is 821 g/mol. The summed E-state index contributed by atoms with van der Waals surface area (Å²) in [7, 11) is 0. The van der Waals surface area contributed by atoms with Gasteiger partial charge >= 0.3 is 0 Å². The molecule has 0 N–H and O–H groups in total. The number of hydrogen-bond acceptors (Lipinski definition) is 4. The van der Waals surface area contributed by atoms with Crippen molar-refractivity contribution < 1.29 is 0 Å². The molecule has 0 unspecified atom stereocenters. The zero-order chi connectivity index (χ0) is 42.4. The number of pyridine rings is 2. The summed E-state index contributed by atoms with van der Waals surface area (Å²) >= 11 is 0. The zero-order valence-corrected chi connectivity index (χ0v) is 34.8. The van der Waals surface area contributed by atoms with E-state index in [0.717, 1.165) is 79.0 Å². The van der Waals surface area contributed by atoms with Crippen LogP contribution in [0.15, 0.2) is 243 Å². The Hall–Kier alpha value is -8.74. The summed E-state index contributed by atoms with van der Waals surface area (Å²) < 4.78 is 4.53. The van der Waals surface area contributed by atoms with Crippen LogP contribution >= 0.6 is 0 Å². The van der Waals surface area contributed by atoms with Gasteiger partial charge in [-0.15, -0.1) is 0 Å². The third-order valence-electron chi connectivity index (χ3n) is 12.2. The lowest BCUT2D eigenvalue weighted by atomic mass is 10.1. The second-order valence-corrected chi connectivity index (χ2v) is 15.9. The third kappa shape index (κ3) is 6.36. The van der Waals surface area contributed by atoms with Gasteiger partial charge in [0.1, 0.15) is 11.6 Å². The first-order valence-electron chi connectivity index (χ1n) is 21.6. The monoisotopic (exact) mass is 820 g/mol. The van der Waals surface area contributed by atoms with E-state index in [2.05, 4.69) is 249 Å². The fraction of sp³-hybridized carbons (Fsp3) is 0. The van der Waals surface area contributed by atoms with Gasteiger partial charge in [0.05, 0.1) is 22.1 Å². The summed E-state index contributed by atoms with van der Waals surface area (Å²) in [6, 6.07) is 81.3. The van der Waals surface area contributed by atoms with Gasteiger partial charge in [-0.25, -0.2) is 9.97 Å². The number of nitrogens with zero attached hydrogens (tertiary/aromatic N) is 6. The van der Waals surface area contributed by atoms with Crippen LogP contribution in [0.1, 0.15) is 0 Å². The van der Waals surface area contributed by atoms with Gasteiger partial charge in [0, 0.05) is 79.2 Å². The Balaban J connectivity index is 0.889. The molecule has 0 saturated heterocycles. The van der Waals surface area contributed by atoms with Gasteiger partial charge in [0.2, 0.25) is 0 Å². The molecule has 0 atom stereocenters. The molecule has 4 aromatic heterocycles. The van der Waals surface area contributed by atoms with Crippen molar-refractivity contribution in [1.82, 2.24) is 19.1 Å². The van der Waals surface area contributed by atoms with E-state index in [1.165, 1.54) is 21.5 Å². The number of aromatic nitrogens is 4. The second kappa shape index (κ2) is 15.6. The van der Waals surface area contributed by atoms with Crippen LogP contribution in [-0.4, -0.2) is 19.1 Å². The lowest BCUT2D eigenvalue weighted by Crippen LogP contribution is -2.09. The number of rotatable bonds is 9. The molecule has 6 heteroatoms. The molecule has 0 spiro atoms. The second-order valence-electron chi connectivity index (χ2n) is 15.9. The maximum atomic E-state index is 5.09. The third-order valence-corrected chi connectivity index (χ3v) is 12.2. The first-order valence-corrected chi connectivity index (χ1v) is 21.6. The molecule has 12 rings (SSSR count). The summed E-state index contributed by atoms with van der Waals surface area (Å²) in [4.78, 5) is 14.8. The molecule has 0 aliphatic heterocycles. The van der Waals surface area contributed by atoms with Gasteiger partial charge in [0.15, 0.2) is 0 Å². The van der Waals surface area contributed by atoms with Crippen LogP contribution in [0, 0.1) is 0 Å². The Morgan fingerprint density at radius 1 is 0.266 bits per heavy atom. The van der Waals surface area contributed by atoms with Gasteiger partial charge in [-0.05, 0) is 121 Å². The van der Waals surface area contributed by atoms with E-state index in [4.69, 9.17) is 9.97 Å². The zero-order valence-electron chi connectivity index (χ0n) is 34.8. The largest absolute Gasteiger partial charge is 0.310 e. The molecule has 0 amide bonds. The van der Waals surface area contributed by atoms with Crippen LogP contribution in [0.25, 0.3) is 66.4 Å². The molecule has 12 aromatic rings. The molecule has 0 radical (unpaired) electrons. The normalized spacial score (nSPS) is 11.4. The molecular formula is C58H40N6. The van der Waals surface area contributed by atoms with Crippen LogP contribution in [0.2, 0.25) is 0 Å². The molecule has 0 saturated carbocycles. The van der Waals surface area contributed by atoms with Gasteiger partial charge in [-0.3, -0.25) is 9.13 Å². The molecule has 64 heavy (non-hydrogen) atoms. The topological polar surface area (TPSA) is 42.1 Å². The predicted octanol–water partition coefficient (Wildman–Crippen LogP) is 15.3. The van der Waals surface area contributed by atoms with Gasteiger partial charge in [-0.2, -0.15) is 0 Å². The van der Waals surface area contributed by atoms with Gasteiger partial charge in [0.25, 0.3) is 0 Å². The van der Waals surface area contributed by atoms with E-state index < -0.39 is 0 Å². The van der Waals surface area contributed by atoms with Crippen molar-refractivity contribution in [2.24, 2.45) is 0 Å². The molecule has 0 aliphatic carbocycles. The van der Waals surface area contributed by atoms with Crippen molar-refractivity contribution in [1.29, 1.82) is 0 Å². The molecule has 0 aliphatic rings. The van der Waals surface area contributed by atoms with E-state index in [1.807, 2.05) is 12.4 Å². The quantitative estimate of drug-likeness (QED) is 0.145. The Labute approximate surface area is 370 Å². The molecule has 302 valence electrons. The maximum Gasteiger partial charge on any atom is 0.137 e. The smallest absolute Gasteiger partial charge is 0.137 e.